The quantitative estimate of drug-likeness (QED) is 0.0699. The molecule has 1 atom stereocenters. The number of halogens is 3. The number of benzene rings is 2. The van der Waals surface area contributed by atoms with E-state index in [4.69, 9.17) is 14.5 Å². The maximum absolute atomic E-state index is 13.1. The van der Waals surface area contributed by atoms with E-state index in [1.54, 1.807) is 41.7 Å². The van der Waals surface area contributed by atoms with Crippen molar-refractivity contribution in [1.82, 2.24) is 24.4 Å². The van der Waals surface area contributed by atoms with E-state index in [1.807, 2.05) is 25.3 Å². The predicted octanol–water partition coefficient (Wildman–Crippen LogP) is 7.77. The molecule has 264 valence electrons. The van der Waals surface area contributed by atoms with Crippen LogP contribution in [0.2, 0.25) is 25.7 Å². The highest BCUT2D eigenvalue weighted by molar-refractivity contribution is 7.88. The zero-order chi connectivity index (χ0) is 35.8. The molecule has 0 saturated carbocycles. The Morgan fingerprint density at radius 1 is 0.959 bits per heavy atom. The first-order valence-corrected chi connectivity index (χ1v) is 20.9. The maximum atomic E-state index is 13.1. The van der Waals surface area contributed by atoms with Gasteiger partial charge in [-0.05, 0) is 68.6 Å². The lowest BCUT2D eigenvalue weighted by molar-refractivity contribution is -0.0500. The molecule has 3 heterocycles. The van der Waals surface area contributed by atoms with Gasteiger partial charge in [-0.3, -0.25) is 4.90 Å². The van der Waals surface area contributed by atoms with Gasteiger partial charge in [-0.15, -0.1) is 0 Å². The molecule has 1 saturated heterocycles. The van der Waals surface area contributed by atoms with Crippen molar-refractivity contribution < 1.29 is 40.0 Å². The Labute approximate surface area is 284 Å². The first-order chi connectivity index (χ1) is 22.8. The van der Waals surface area contributed by atoms with E-state index in [1.165, 1.54) is 12.1 Å². The number of rotatable bonds is 10. The van der Waals surface area contributed by atoms with E-state index in [-0.39, 0.29) is 18.9 Å². The van der Waals surface area contributed by atoms with Gasteiger partial charge in [0.15, 0.2) is 5.82 Å². The van der Waals surface area contributed by atoms with Gasteiger partial charge in [-0.1, -0.05) is 37.8 Å². The lowest BCUT2D eigenvalue weighted by Gasteiger charge is -2.29. The summed E-state index contributed by atoms with van der Waals surface area (Å²) in [6, 6.07) is 9.56. The number of amides is 1. The van der Waals surface area contributed by atoms with Gasteiger partial charge in [0.1, 0.15) is 23.9 Å². The van der Waals surface area contributed by atoms with Crippen molar-refractivity contribution >= 4 is 35.1 Å². The fourth-order valence-electron chi connectivity index (χ4n) is 5.33. The average molecular weight is 720 g/mol. The number of carbonyl (C=O) groups is 1. The Morgan fingerprint density at radius 3 is 2.29 bits per heavy atom. The number of carbonyl (C=O) groups excluding carboxylic acids is 1. The van der Waals surface area contributed by atoms with Crippen LogP contribution in [0.3, 0.4) is 0 Å². The number of nitrogens with zero attached hydrogens (tertiary/aromatic N) is 5. The van der Waals surface area contributed by atoms with Crippen LogP contribution in [0.15, 0.2) is 55.0 Å². The first kappa shape index (κ1) is 36.3. The van der Waals surface area contributed by atoms with Crippen LogP contribution in [0, 0.1) is 0 Å². The Bertz CT molecular complexity index is 1920. The zero-order valence-corrected chi connectivity index (χ0v) is 30.1. The van der Waals surface area contributed by atoms with Crippen LogP contribution in [-0.2, 0) is 26.3 Å². The second-order valence-corrected chi connectivity index (χ2v) is 21.3. The van der Waals surface area contributed by atoms with Gasteiger partial charge in [0.2, 0.25) is 0 Å². The normalized spacial score (nSPS) is 15.9. The topological polar surface area (TPSA) is 126 Å². The molecule has 5 rings (SSSR count). The molecule has 16 heteroatoms. The summed E-state index contributed by atoms with van der Waals surface area (Å²) < 4.78 is 79.1. The van der Waals surface area contributed by atoms with Crippen LogP contribution in [0.25, 0.3) is 33.4 Å². The fourth-order valence-corrected chi connectivity index (χ4v) is 6.54. The van der Waals surface area contributed by atoms with Crippen LogP contribution in [0.4, 0.5) is 18.0 Å². The summed E-state index contributed by atoms with van der Waals surface area (Å²) in [5.41, 5.74) is -4.12. The molecule has 0 bridgehead atoms. The van der Waals surface area contributed by atoms with Gasteiger partial charge < -0.3 is 18.2 Å². The van der Waals surface area contributed by atoms with Crippen molar-refractivity contribution in [3.05, 3.63) is 60.8 Å². The summed E-state index contributed by atoms with van der Waals surface area (Å²) >= 11 is 0. The minimum absolute atomic E-state index is 0.232. The second-order valence-electron chi connectivity index (χ2n) is 14.1. The van der Waals surface area contributed by atoms with Crippen molar-refractivity contribution in [2.75, 3.05) is 13.2 Å². The number of hydrogen-bond donors (Lipinski definition) is 0. The molecule has 4 aromatic rings. The summed E-state index contributed by atoms with van der Waals surface area (Å²) in [4.78, 5) is 28.8. The van der Waals surface area contributed by atoms with Crippen molar-refractivity contribution in [3.63, 3.8) is 0 Å². The Morgan fingerprint density at radius 2 is 1.63 bits per heavy atom. The SMILES string of the molecule is CC(C)(C)OC(=O)N1CCCC1c1ncc(-c2cnc(-c3ccc4cc(OS(=O)(=O)C(F)(F)F)ccc4c3)nc2)n1COCC[Si](C)(C)C. The van der Waals surface area contributed by atoms with Gasteiger partial charge in [-0.25, -0.2) is 19.7 Å². The van der Waals surface area contributed by atoms with E-state index in [2.05, 4.69) is 33.8 Å². The Kier molecular flexibility index (Phi) is 10.1. The lowest BCUT2D eigenvalue weighted by Crippen LogP contribution is -2.37. The molecule has 2 aromatic heterocycles. The molecule has 1 aliphatic heterocycles. The van der Waals surface area contributed by atoms with E-state index in [9.17, 15) is 26.4 Å². The standard InChI is InChI=1S/C33H40F3N5O6SSi/c1-32(2,3)46-31(42)40-13-7-8-27(40)30-39-20-28(41(30)21-45-14-15-49(4,5)6)25-18-37-29(38-19-25)24-10-9-23-17-26(12-11-22(23)16-24)47-48(43,44)33(34,35)36/h9-12,16-20,27H,7-8,13-15,21H2,1-6H3. The van der Waals surface area contributed by atoms with Crippen LogP contribution in [-0.4, -0.2) is 71.3 Å². The van der Waals surface area contributed by atoms with Crippen LogP contribution < -0.4 is 4.18 Å². The molecule has 0 aliphatic carbocycles. The maximum Gasteiger partial charge on any atom is 0.534 e. The van der Waals surface area contributed by atoms with Gasteiger partial charge in [0.25, 0.3) is 0 Å². The molecule has 11 nitrogen and oxygen atoms in total. The molecule has 49 heavy (non-hydrogen) atoms. The molecular formula is C33H40F3N5O6SSi. The zero-order valence-electron chi connectivity index (χ0n) is 28.2. The third-order valence-electron chi connectivity index (χ3n) is 7.79. The van der Waals surface area contributed by atoms with Gasteiger partial charge in [-0.2, -0.15) is 21.6 Å². The molecule has 0 N–H and O–H groups in total. The molecule has 0 spiro atoms. The molecule has 1 unspecified atom stereocenters. The Balaban J connectivity index is 1.41. The highest BCUT2D eigenvalue weighted by Crippen LogP contribution is 2.35. The van der Waals surface area contributed by atoms with Crippen molar-refractivity contribution in [3.8, 4) is 28.4 Å². The summed E-state index contributed by atoms with van der Waals surface area (Å²) in [6.45, 7) is 13.8. The second kappa shape index (κ2) is 13.7. The van der Waals surface area contributed by atoms with Crippen LogP contribution in [0.5, 0.6) is 5.75 Å². The van der Waals surface area contributed by atoms with Crippen molar-refractivity contribution in [1.29, 1.82) is 0 Å². The number of aromatic nitrogens is 4. The first-order valence-electron chi connectivity index (χ1n) is 15.8. The largest absolute Gasteiger partial charge is 0.534 e. The third-order valence-corrected chi connectivity index (χ3v) is 10.5. The third kappa shape index (κ3) is 8.77. The molecule has 1 aliphatic rings. The number of imidazole rings is 1. The summed E-state index contributed by atoms with van der Waals surface area (Å²) in [5, 5.41) is 1.08. The fraction of sp³-hybridized carbons (Fsp3) is 0.455. The van der Waals surface area contributed by atoms with E-state index >= 15 is 0 Å². The van der Waals surface area contributed by atoms with E-state index < -0.39 is 35.1 Å². The smallest absolute Gasteiger partial charge is 0.444 e. The number of alkyl halides is 3. The van der Waals surface area contributed by atoms with Gasteiger partial charge in [0.05, 0.1) is 17.9 Å². The van der Waals surface area contributed by atoms with E-state index in [0.717, 1.165) is 30.6 Å². The predicted molar refractivity (Wildman–Crippen MR) is 181 cm³/mol. The average Bonchev–Trinajstić information content (AvgIpc) is 3.64. The highest BCUT2D eigenvalue weighted by atomic mass is 32.2. The molecule has 2 aromatic carbocycles. The van der Waals surface area contributed by atoms with E-state index in [0.29, 0.717) is 46.7 Å². The Hall–Kier alpha value is -4.02. The summed E-state index contributed by atoms with van der Waals surface area (Å²) in [6.07, 6.45) is 6.23. The number of ether oxygens (including phenoxy) is 2. The molecule has 1 amide bonds. The van der Waals surface area contributed by atoms with Crippen molar-refractivity contribution in [2.45, 2.75) is 83.2 Å². The van der Waals surface area contributed by atoms with Gasteiger partial charge in [0, 0.05) is 44.7 Å². The van der Waals surface area contributed by atoms with Gasteiger partial charge >= 0.3 is 21.7 Å². The number of likely N-dealkylation sites (tertiary alicyclic amines) is 1. The highest BCUT2D eigenvalue weighted by Gasteiger charge is 2.48. The number of hydrogen-bond acceptors (Lipinski definition) is 9. The summed E-state index contributed by atoms with van der Waals surface area (Å²) in [5.74, 6) is 0.636. The van der Waals surface area contributed by atoms with Crippen LogP contribution in [0.1, 0.15) is 45.5 Å². The summed E-state index contributed by atoms with van der Waals surface area (Å²) in [7, 11) is -7.12. The van der Waals surface area contributed by atoms with Crippen molar-refractivity contribution in [2.24, 2.45) is 0 Å². The monoisotopic (exact) mass is 719 g/mol. The minimum atomic E-state index is -5.79. The van der Waals surface area contributed by atoms with Crippen LogP contribution >= 0.6 is 0 Å². The number of fused-ring (bicyclic) bond motifs is 1. The molecule has 1 fully saturated rings. The minimum Gasteiger partial charge on any atom is -0.444 e. The molecular weight excluding hydrogens is 680 g/mol. The lowest BCUT2D eigenvalue weighted by atomic mass is 10.1. The molecule has 0 radical (unpaired) electrons.